The van der Waals surface area contributed by atoms with Crippen LogP contribution in [0.1, 0.15) is 39.7 Å². The number of para-hydroxylation sites is 1. The van der Waals surface area contributed by atoms with Crippen LogP contribution in [0.2, 0.25) is 0 Å². The van der Waals surface area contributed by atoms with Gasteiger partial charge in [0.1, 0.15) is 11.6 Å². The van der Waals surface area contributed by atoms with Crippen molar-refractivity contribution in [2.75, 3.05) is 13.7 Å². The van der Waals surface area contributed by atoms with Crippen molar-refractivity contribution in [3.05, 3.63) is 23.8 Å². The fourth-order valence-electron chi connectivity index (χ4n) is 2.12. The van der Waals surface area contributed by atoms with E-state index in [4.69, 9.17) is 14.2 Å². The highest BCUT2D eigenvalue weighted by Gasteiger charge is 2.26. The molecule has 1 amide bonds. The predicted molar refractivity (Wildman–Crippen MR) is 93.3 cm³/mol. The minimum Gasteiger partial charge on any atom is -0.493 e. The quantitative estimate of drug-likeness (QED) is 0.746. The maximum atomic E-state index is 11.9. The van der Waals surface area contributed by atoms with Gasteiger partial charge in [-0.3, -0.25) is 0 Å². The molecule has 1 aromatic rings. The number of nitrogens with one attached hydrogen (secondary N) is 1. The number of carboxylic acids is 1. The molecule has 0 aromatic heterocycles. The van der Waals surface area contributed by atoms with E-state index in [0.717, 1.165) is 6.42 Å². The summed E-state index contributed by atoms with van der Waals surface area (Å²) in [6, 6.07) is 4.09. The number of carbonyl (C=O) groups excluding carboxylic acids is 1. The second-order valence-corrected chi connectivity index (χ2v) is 6.54. The Morgan fingerprint density at radius 2 is 1.96 bits per heavy atom. The lowest BCUT2D eigenvalue weighted by atomic mass is 10.0. The highest BCUT2D eigenvalue weighted by molar-refractivity contribution is 5.80. The van der Waals surface area contributed by atoms with Crippen molar-refractivity contribution in [2.45, 2.75) is 52.2 Å². The minimum absolute atomic E-state index is 0.0465. The summed E-state index contributed by atoms with van der Waals surface area (Å²) in [5.41, 5.74) is -0.0744. The average molecular weight is 353 g/mol. The van der Waals surface area contributed by atoms with Crippen molar-refractivity contribution >= 4 is 12.1 Å². The first kappa shape index (κ1) is 20.6. The number of hydrogen-bond donors (Lipinski definition) is 2. The Bertz CT molecular complexity index is 594. The van der Waals surface area contributed by atoms with Crippen molar-refractivity contribution in [3.63, 3.8) is 0 Å². The van der Waals surface area contributed by atoms with Crippen molar-refractivity contribution in [1.29, 1.82) is 0 Å². The fraction of sp³-hybridized carbons (Fsp3) is 0.556. The molecule has 1 atom stereocenters. The second-order valence-electron chi connectivity index (χ2n) is 6.54. The third-order valence-electron chi connectivity index (χ3n) is 3.14. The molecule has 0 bridgehead atoms. The third kappa shape index (κ3) is 6.91. The van der Waals surface area contributed by atoms with E-state index in [1.165, 1.54) is 7.11 Å². The lowest BCUT2D eigenvalue weighted by molar-refractivity contribution is -0.139. The van der Waals surface area contributed by atoms with Gasteiger partial charge in [-0.2, -0.15) is 0 Å². The second kappa shape index (κ2) is 9.15. The van der Waals surface area contributed by atoms with Gasteiger partial charge < -0.3 is 24.6 Å². The van der Waals surface area contributed by atoms with Crippen LogP contribution in [0, 0.1) is 0 Å². The number of ether oxygens (including phenoxy) is 3. The van der Waals surface area contributed by atoms with Crippen LogP contribution in [-0.4, -0.2) is 42.5 Å². The number of aliphatic carboxylic acids is 1. The number of carbonyl (C=O) groups is 2. The summed E-state index contributed by atoms with van der Waals surface area (Å²) in [7, 11) is 1.52. The van der Waals surface area contributed by atoms with Gasteiger partial charge in [-0.25, -0.2) is 9.59 Å². The topological polar surface area (TPSA) is 94.1 Å². The van der Waals surface area contributed by atoms with Crippen LogP contribution in [0.5, 0.6) is 11.5 Å². The molecule has 0 heterocycles. The van der Waals surface area contributed by atoms with Crippen LogP contribution in [0.4, 0.5) is 4.79 Å². The van der Waals surface area contributed by atoms with Gasteiger partial charge in [-0.1, -0.05) is 19.1 Å². The van der Waals surface area contributed by atoms with Crippen LogP contribution < -0.4 is 14.8 Å². The Balaban J connectivity index is 2.98. The molecule has 7 nitrogen and oxygen atoms in total. The Labute approximate surface area is 148 Å². The number of methoxy groups -OCH3 is 1. The fourth-order valence-corrected chi connectivity index (χ4v) is 2.12. The van der Waals surface area contributed by atoms with Crippen molar-refractivity contribution in [3.8, 4) is 11.5 Å². The molecule has 1 unspecified atom stereocenters. The van der Waals surface area contributed by atoms with Crippen LogP contribution in [0.25, 0.3) is 0 Å². The van der Waals surface area contributed by atoms with Gasteiger partial charge in [0.05, 0.1) is 13.7 Å². The van der Waals surface area contributed by atoms with Crippen LogP contribution in [0.3, 0.4) is 0 Å². The summed E-state index contributed by atoms with van der Waals surface area (Å²) in [6.45, 7) is 7.58. The molecule has 2 N–H and O–H groups in total. The number of hydrogen-bond acceptors (Lipinski definition) is 5. The monoisotopic (exact) mass is 353 g/mol. The molecule has 0 fully saturated rings. The largest absolute Gasteiger partial charge is 0.493 e. The first-order chi connectivity index (χ1) is 11.7. The number of benzene rings is 1. The van der Waals surface area contributed by atoms with Gasteiger partial charge in [0, 0.05) is 12.0 Å². The van der Waals surface area contributed by atoms with Crippen molar-refractivity contribution < 1.29 is 28.9 Å². The minimum atomic E-state index is -1.16. The first-order valence-corrected chi connectivity index (χ1v) is 8.19. The van der Waals surface area contributed by atoms with E-state index in [2.05, 4.69) is 5.32 Å². The van der Waals surface area contributed by atoms with Crippen molar-refractivity contribution in [1.82, 2.24) is 5.32 Å². The number of rotatable bonds is 8. The van der Waals surface area contributed by atoms with Gasteiger partial charge in [0.2, 0.25) is 0 Å². The van der Waals surface area contributed by atoms with Gasteiger partial charge in [-0.15, -0.1) is 0 Å². The predicted octanol–water partition coefficient (Wildman–Crippen LogP) is 3.00. The summed E-state index contributed by atoms with van der Waals surface area (Å²) in [6.07, 6.45) is 0.0692. The van der Waals surface area contributed by atoms with E-state index in [9.17, 15) is 14.7 Å². The molecule has 0 saturated carbocycles. The summed E-state index contributed by atoms with van der Waals surface area (Å²) in [5, 5.41) is 11.8. The Kier molecular flexibility index (Phi) is 7.54. The van der Waals surface area contributed by atoms with Gasteiger partial charge >= 0.3 is 12.1 Å². The molecule has 0 radical (unpaired) electrons. The van der Waals surface area contributed by atoms with Crippen LogP contribution >= 0.6 is 0 Å². The van der Waals surface area contributed by atoms with Crippen LogP contribution in [-0.2, 0) is 16.0 Å². The molecule has 25 heavy (non-hydrogen) atoms. The average Bonchev–Trinajstić information content (AvgIpc) is 2.50. The SMILES string of the molecule is CCCOc1c(CC(NC(=O)OC(C)(C)C)C(=O)O)cccc1OC. The zero-order chi connectivity index (χ0) is 19.0. The van der Waals surface area contributed by atoms with E-state index in [1.807, 2.05) is 6.92 Å². The maximum absolute atomic E-state index is 11.9. The first-order valence-electron chi connectivity index (χ1n) is 8.19. The highest BCUT2D eigenvalue weighted by atomic mass is 16.6. The summed E-state index contributed by atoms with van der Waals surface area (Å²) < 4.78 is 16.1. The smallest absolute Gasteiger partial charge is 0.408 e. The molecule has 0 aliphatic heterocycles. The van der Waals surface area contributed by atoms with E-state index < -0.39 is 23.7 Å². The third-order valence-corrected chi connectivity index (χ3v) is 3.14. The Morgan fingerprint density at radius 1 is 1.28 bits per heavy atom. The standard InChI is InChI=1S/C18H27NO6/c1-6-10-24-15-12(8-7-9-14(15)23-5)11-13(16(20)21)19-17(22)25-18(2,3)4/h7-9,13H,6,10-11H2,1-5H3,(H,19,22)(H,20,21). The summed E-state index contributed by atoms with van der Waals surface area (Å²) >= 11 is 0. The molecule has 140 valence electrons. The van der Waals surface area contributed by atoms with Gasteiger partial charge in [-0.05, 0) is 33.3 Å². The van der Waals surface area contributed by atoms with E-state index in [1.54, 1.807) is 39.0 Å². The Morgan fingerprint density at radius 3 is 2.48 bits per heavy atom. The number of carboxylic acid groups (broad SMARTS) is 1. The molecule has 1 aromatic carbocycles. The molecule has 0 aliphatic carbocycles. The van der Waals surface area contributed by atoms with Crippen LogP contribution in [0.15, 0.2) is 18.2 Å². The lowest BCUT2D eigenvalue weighted by Crippen LogP contribution is -2.44. The lowest BCUT2D eigenvalue weighted by Gasteiger charge is -2.22. The zero-order valence-electron chi connectivity index (χ0n) is 15.4. The molecule has 1 rings (SSSR count). The number of alkyl carbamates (subject to hydrolysis) is 1. The normalized spacial score (nSPS) is 12.2. The van der Waals surface area contributed by atoms with E-state index in [-0.39, 0.29) is 6.42 Å². The molecular weight excluding hydrogens is 326 g/mol. The molecule has 0 saturated heterocycles. The van der Waals surface area contributed by atoms with E-state index in [0.29, 0.717) is 23.7 Å². The zero-order valence-corrected chi connectivity index (χ0v) is 15.4. The Hall–Kier alpha value is -2.44. The summed E-state index contributed by atoms with van der Waals surface area (Å²) in [5.74, 6) is -0.147. The maximum Gasteiger partial charge on any atom is 0.408 e. The molecule has 7 heteroatoms. The van der Waals surface area contributed by atoms with Gasteiger partial charge in [0.25, 0.3) is 0 Å². The van der Waals surface area contributed by atoms with Gasteiger partial charge in [0.15, 0.2) is 11.5 Å². The summed E-state index contributed by atoms with van der Waals surface area (Å²) in [4.78, 5) is 23.4. The molecular formula is C18H27NO6. The molecule has 0 spiro atoms. The van der Waals surface area contributed by atoms with E-state index >= 15 is 0 Å². The molecule has 0 aliphatic rings. The highest BCUT2D eigenvalue weighted by Crippen LogP contribution is 2.32. The number of amides is 1. The van der Waals surface area contributed by atoms with Crippen molar-refractivity contribution in [2.24, 2.45) is 0 Å².